The molecule has 0 atom stereocenters. The number of hydrogen-bond donors (Lipinski definition) is 0. The molecule has 1 aromatic heterocycles. The van der Waals surface area contributed by atoms with Gasteiger partial charge in [0.2, 0.25) is 0 Å². The Morgan fingerprint density at radius 2 is 1.60 bits per heavy atom. The van der Waals surface area contributed by atoms with E-state index in [1.54, 1.807) is 7.11 Å². The average molecular weight is 264 g/mol. The monoisotopic (exact) mass is 264 g/mol. The van der Waals surface area contributed by atoms with Crippen molar-refractivity contribution in [1.82, 2.24) is 9.55 Å². The Labute approximate surface area is 118 Å². The molecule has 0 aliphatic rings. The number of aryl methyl sites for hydroxylation is 1. The summed E-state index contributed by atoms with van der Waals surface area (Å²) >= 11 is 0. The van der Waals surface area contributed by atoms with Gasteiger partial charge < -0.3 is 9.30 Å². The Morgan fingerprint density at radius 3 is 2.25 bits per heavy atom. The molecule has 0 saturated heterocycles. The summed E-state index contributed by atoms with van der Waals surface area (Å²) in [6.45, 7) is 0. The van der Waals surface area contributed by atoms with Gasteiger partial charge in [0.25, 0.3) is 0 Å². The lowest BCUT2D eigenvalue weighted by Gasteiger charge is -2.07. The summed E-state index contributed by atoms with van der Waals surface area (Å²) in [5, 5.41) is 0. The second kappa shape index (κ2) is 5.21. The normalized spacial score (nSPS) is 10.5. The number of imidazole rings is 1. The molecule has 3 nitrogen and oxygen atoms in total. The average Bonchev–Trinajstić information content (AvgIpc) is 2.90. The molecule has 3 rings (SSSR count). The maximum absolute atomic E-state index is 5.21. The first kappa shape index (κ1) is 12.5. The van der Waals surface area contributed by atoms with E-state index in [-0.39, 0.29) is 0 Å². The van der Waals surface area contributed by atoms with Gasteiger partial charge in [-0.3, -0.25) is 0 Å². The minimum Gasteiger partial charge on any atom is -0.497 e. The smallest absolute Gasteiger partial charge is 0.118 e. The highest BCUT2D eigenvalue weighted by molar-refractivity contribution is 5.78. The lowest BCUT2D eigenvalue weighted by Crippen LogP contribution is -1.92. The van der Waals surface area contributed by atoms with Gasteiger partial charge in [-0.2, -0.15) is 0 Å². The van der Waals surface area contributed by atoms with Crippen molar-refractivity contribution in [2.45, 2.75) is 0 Å². The van der Waals surface area contributed by atoms with Crippen molar-refractivity contribution in [3.8, 4) is 28.3 Å². The maximum atomic E-state index is 5.21. The van der Waals surface area contributed by atoms with Crippen LogP contribution in [0.1, 0.15) is 0 Å². The number of aromatic nitrogens is 2. The molecule has 0 amide bonds. The summed E-state index contributed by atoms with van der Waals surface area (Å²) in [5.74, 6) is 0.858. The molecule has 0 aliphatic heterocycles. The summed E-state index contributed by atoms with van der Waals surface area (Å²) in [4.78, 5) is 4.54. The summed E-state index contributed by atoms with van der Waals surface area (Å²) < 4.78 is 7.25. The van der Waals surface area contributed by atoms with Gasteiger partial charge in [0.1, 0.15) is 5.75 Å². The Morgan fingerprint density at radius 1 is 0.900 bits per heavy atom. The highest BCUT2D eigenvalue weighted by atomic mass is 16.5. The number of methoxy groups -OCH3 is 1. The third kappa shape index (κ3) is 2.18. The second-order valence-electron chi connectivity index (χ2n) is 4.65. The van der Waals surface area contributed by atoms with Crippen LogP contribution in [-0.2, 0) is 7.05 Å². The maximum Gasteiger partial charge on any atom is 0.118 e. The van der Waals surface area contributed by atoms with Gasteiger partial charge in [0, 0.05) is 18.2 Å². The molecular weight excluding hydrogens is 248 g/mol. The van der Waals surface area contributed by atoms with E-state index in [4.69, 9.17) is 4.74 Å². The number of ether oxygens (including phenoxy) is 1. The van der Waals surface area contributed by atoms with Crippen LogP contribution in [-0.4, -0.2) is 16.7 Å². The zero-order chi connectivity index (χ0) is 13.9. The second-order valence-corrected chi connectivity index (χ2v) is 4.65. The third-order valence-electron chi connectivity index (χ3n) is 3.35. The minimum atomic E-state index is 0.858. The van der Waals surface area contributed by atoms with Gasteiger partial charge in [-0.15, -0.1) is 0 Å². The van der Waals surface area contributed by atoms with Gasteiger partial charge in [0.05, 0.1) is 24.8 Å². The molecule has 0 unspecified atom stereocenters. The fraction of sp³-hybridized carbons (Fsp3) is 0.118. The largest absolute Gasteiger partial charge is 0.497 e. The van der Waals surface area contributed by atoms with Crippen molar-refractivity contribution in [3.05, 3.63) is 60.9 Å². The van der Waals surface area contributed by atoms with Crippen LogP contribution in [0.2, 0.25) is 0 Å². The fourth-order valence-corrected chi connectivity index (χ4v) is 2.33. The zero-order valence-electron chi connectivity index (χ0n) is 11.6. The molecule has 3 aromatic rings. The molecule has 0 aliphatic carbocycles. The topological polar surface area (TPSA) is 27.1 Å². The number of hydrogen-bond acceptors (Lipinski definition) is 2. The van der Waals surface area contributed by atoms with Crippen molar-refractivity contribution in [2.75, 3.05) is 7.11 Å². The van der Waals surface area contributed by atoms with E-state index in [1.165, 1.54) is 0 Å². The number of nitrogens with zero attached hydrogens (tertiary/aromatic N) is 2. The van der Waals surface area contributed by atoms with Crippen molar-refractivity contribution >= 4 is 0 Å². The molecule has 100 valence electrons. The van der Waals surface area contributed by atoms with Crippen LogP contribution in [0, 0.1) is 0 Å². The van der Waals surface area contributed by atoms with Gasteiger partial charge in [-0.1, -0.05) is 30.3 Å². The van der Waals surface area contributed by atoms with Crippen LogP contribution in [0.25, 0.3) is 22.5 Å². The predicted octanol–water partition coefficient (Wildman–Crippen LogP) is 3.76. The van der Waals surface area contributed by atoms with E-state index >= 15 is 0 Å². The molecule has 0 fully saturated rings. The van der Waals surface area contributed by atoms with Crippen LogP contribution in [0.4, 0.5) is 0 Å². The summed E-state index contributed by atoms with van der Waals surface area (Å²) in [6, 6.07) is 18.3. The Bertz CT molecular complexity index is 700. The van der Waals surface area contributed by atoms with Crippen LogP contribution in [0.5, 0.6) is 5.75 Å². The van der Waals surface area contributed by atoms with E-state index in [9.17, 15) is 0 Å². The van der Waals surface area contributed by atoms with Gasteiger partial charge in [-0.05, 0) is 24.3 Å². The summed E-state index contributed by atoms with van der Waals surface area (Å²) in [6.07, 6.45) is 1.85. The number of rotatable bonds is 3. The summed E-state index contributed by atoms with van der Waals surface area (Å²) in [7, 11) is 3.69. The highest BCUT2D eigenvalue weighted by Gasteiger charge is 2.12. The highest BCUT2D eigenvalue weighted by Crippen LogP contribution is 2.31. The van der Waals surface area contributed by atoms with Crippen molar-refractivity contribution < 1.29 is 4.74 Å². The van der Waals surface area contributed by atoms with E-state index in [0.29, 0.717) is 0 Å². The molecule has 0 N–H and O–H groups in total. The lowest BCUT2D eigenvalue weighted by atomic mass is 10.0. The first-order chi connectivity index (χ1) is 9.79. The van der Waals surface area contributed by atoms with E-state index < -0.39 is 0 Å². The molecule has 3 heteroatoms. The quantitative estimate of drug-likeness (QED) is 0.720. The minimum absolute atomic E-state index is 0.858. The molecule has 0 spiro atoms. The van der Waals surface area contributed by atoms with Crippen molar-refractivity contribution in [3.63, 3.8) is 0 Å². The van der Waals surface area contributed by atoms with E-state index in [0.717, 1.165) is 28.3 Å². The van der Waals surface area contributed by atoms with Crippen molar-refractivity contribution in [2.24, 2.45) is 7.05 Å². The fourth-order valence-electron chi connectivity index (χ4n) is 2.33. The van der Waals surface area contributed by atoms with Gasteiger partial charge in [0.15, 0.2) is 0 Å². The molecule has 0 radical (unpaired) electrons. The van der Waals surface area contributed by atoms with E-state index in [1.807, 2.05) is 48.3 Å². The molecule has 2 aromatic carbocycles. The summed E-state index contributed by atoms with van der Waals surface area (Å²) in [5.41, 5.74) is 4.36. The zero-order valence-corrected chi connectivity index (χ0v) is 11.6. The van der Waals surface area contributed by atoms with Crippen LogP contribution < -0.4 is 4.74 Å². The van der Waals surface area contributed by atoms with E-state index in [2.05, 4.69) is 29.2 Å². The first-order valence-electron chi connectivity index (χ1n) is 6.51. The Kier molecular flexibility index (Phi) is 3.25. The molecule has 1 heterocycles. The lowest BCUT2D eigenvalue weighted by molar-refractivity contribution is 0.415. The SMILES string of the molecule is COc1ccc(-c2c(-c3ccccc3)ncn2C)cc1. The molecule has 0 saturated carbocycles. The standard InChI is InChI=1S/C17H16N2O/c1-19-12-18-16(13-6-4-3-5-7-13)17(19)14-8-10-15(20-2)11-9-14/h3-12H,1-2H3. The van der Waals surface area contributed by atoms with Crippen molar-refractivity contribution in [1.29, 1.82) is 0 Å². The number of benzene rings is 2. The molecule has 20 heavy (non-hydrogen) atoms. The third-order valence-corrected chi connectivity index (χ3v) is 3.35. The molecular formula is C17H16N2O. The Hall–Kier alpha value is -2.55. The Balaban J connectivity index is 2.11. The van der Waals surface area contributed by atoms with Gasteiger partial charge >= 0.3 is 0 Å². The molecule has 0 bridgehead atoms. The van der Waals surface area contributed by atoms with Crippen LogP contribution in [0.3, 0.4) is 0 Å². The van der Waals surface area contributed by atoms with Crippen LogP contribution in [0.15, 0.2) is 60.9 Å². The van der Waals surface area contributed by atoms with Gasteiger partial charge in [-0.25, -0.2) is 4.98 Å². The van der Waals surface area contributed by atoms with Crippen LogP contribution >= 0.6 is 0 Å². The predicted molar refractivity (Wildman–Crippen MR) is 80.6 cm³/mol. The first-order valence-corrected chi connectivity index (χ1v) is 6.51.